The van der Waals surface area contributed by atoms with Gasteiger partial charge < -0.3 is 26.8 Å². The third-order valence-electron chi connectivity index (χ3n) is 4.90. The van der Waals surface area contributed by atoms with Gasteiger partial charge in [0.05, 0.1) is 6.04 Å². The lowest BCUT2D eigenvalue weighted by Gasteiger charge is -2.26. The highest BCUT2D eigenvalue weighted by molar-refractivity contribution is 7.98. The normalized spacial score (nSPS) is 16.0. The number of carbonyl (C=O) groups is 4. The standard InChI is InChI=1S/C20H38N4O5S2/c1-6-12(4)16(20(28)29)24-19(27)15(10-30)23-18(26)14(7-8-31-5)22-17(25)13(21)9-11(2)3/h11-16,30H,6-10,21H2,1-5H3,(H,22,25)(H,23,26)(H,24,27)(H,28,29). The second-order valence-electron chi connectivity index (χ2n) is 8.03. The quantitative estimate of drug-likeness (QED) is 0.189. The van der Waals surface area contributed by atoms with Gasteiger partial charge in [0, 0.05) is 5.75 Å². The van der Waals surface area contributed by atoms with E-state index < -0.39 is 47.9 Å². The maximum absolute atomic E-state index is 12.8. The lowest BCUT2D eigenvalue weighted by atomic mass is 9.99. The van der Waals surface area contributed by atoms with Crippen LogP contribution in [-0.2, 0) is 19.2 Å². The molecule has 0 spiro atoms. The van der Waals surface area contributed by atoms with Crippen LogP contribution in [-0.4, -0.2) is 70.7 Å². The number of hydrogen-bond acceptors (Lipinski definition) is 7. The molecule has 0 aromatic carbocycles. The van der Waals surface area contributed by atoms with E-state index in [1.165, 1.54) is 11.8 Å². The fourth-order valence-electron chi connectivity index (χ4n) is 2.80. The maximum atomic E-state index is 12.8. The van der Waals surface area contributed by atoms with E-state index in [2.05, 4.69) is 28.6 Å². The van der Waals surface area contributed by atoms with Gasteiger partial charge >= 0.3 is 5.97 Å². The Hall–Kier alpha value is -1.46. The molecular formula is C20H38N4O5S2. The molecule has 5 atom stereocenters. The zero-order valence-corrected chi connectivity index (χ0v) is 20.7. The van der Waals surface area contributed by atoms with Crippen molar-refractivity contribution in [2.45, 2.75) is 71.1 Å². The van der Waals surface area contributed by atoms with Gasteiger partial charge in [-0.05, 0) is 36.7 Å². The second-order valence-corrected chi connectivity index (χ2v) is 9.38. The van der Waals surface area contributed by atoms with Gasteiger partial charge in [-0.25, -0.2) is 4.79 Å². The van der Waals surface area contributed by atoms with Gasteiger partial charge in [0.2, 0.25) is 17.7 Å². The summed E-state index contributed by atoms with van der Waals surface area (Å²) in [4.78, 5) is 49.3. The Morgan fingerprint density at radius 1 is 1.00 bits per heavy atom. The Morgan fingerprint density at radius 2 is 1.55 bits per heavy atom. The van der Waals surface area contributed by atoms with E-state index in [9.17, 15) is 24.3 Å². The molecular weight excluding hydrogens is 440 g/mol. The molecule has 180 valence electrons. The molecule has 9 nitrogen and oxygen atoms in total. The van der Waals surface area contributed by atoms with Gasteiger partial charge in [0.25, 0.3) is 0 Å². The van der Waals surface area contributed by atoms with Crippen molar-refractivity contribution < 1.29 is 24.3 Å². The number of carboxylic acids is 1. The number of hydrogen-bond donors (Lipinski definition) is 6. The molecule has 0 saturated carbocycles. The first-order valence-corrected chi connectivity index (χ1v) is 12.5. The minimum Gasteiger partial charge on any atom is -0.480 e. The molecule has 0 aromatic rings. The number of thioether (sulfide) groups is 1. The minimum absolute atomic E-state index is 0.0273. The van der Waals surface area contributed by atoms with Crippen molar-refractivity contribution in [3.05, 3.63) is 0 Å². The van der Waals surface area contributed by atoms with Crippen LogP contribution in [0.4, 0.5) is 0 Å². The number of thiol groups is 1. The summed E-state index contributed by atoms with van der Waals surface area (Å²) in [5, 5.41) is 17.1. The highest BCUT2D eigenvalue weighted by Crippen LogP contribution is 2.09. The number of amides is 3. The molecule has 0 aliphatic carbocycles. The third-order valence-corrected chi connectivity index (χ3v) is 5.91. The Morgan fingerprint density at radius 3 is 2.00 bits per heavy atom. The first-order chi connectivity index (χ1) is 14.5. The highest BCUT2D eigenvalue weighted by atomic mass is 32.2. The van der Waals surface area contributed by atoms with Gasteiger partial charge in [-0.2, -0.15) is 24.4 Å². The Bertz CT molecular complexity index is 606. The molecule has 0 fully saturated rings. The zero-order valence-electron chi connectivity index (χ0n) is 19.0. The van der Waals surface area contributed by atoms with Gasteiger partial charge in [-0.1, -0.05) is 34.1 Å². The van der Waals surface area contributed by atoms with Crippen LogP contribution >= 0.6 is 24.4 Å². The Kier molecular flexibility index (Phi) is 14.6. The molecule has 0 bridgehead atoms. The Labute approximate surface area is 194 Å². The summed E-state index contributed by atoms with van der Waals surface area (Å²) in [6.45, 7) is 7.45. The lowest BCUT2D eigenvalue weighted by Crippen LogP contribution is -2.58. The summed E-state index contributed by atoms with van der Waals surface area (Å²) >= 11 is 5.64. The fourth-order valence-corrected chi connectivity index (χ4v) is 3.53. The first kappa shape index (κ1) is 29.5. The van der Waals surface area contributed by atoms with Gasteiger partial charge in [0.1, 0.15) is 18.1 Å². The lowest BCUT2D eigenvalue weighted by molar-refractivity contribution is -0.143. The molecule has 6 N–H and O–H groups in total. The number of aliphatic carboxylic acids is 1. The molecule has 31 heavy (non-hydrogen) atoms. The van der Waals surface area contributed by atoms with Crippen LogP contribution in [0.15, 0.2) is 0 Å². The summed E-state index contributed by atoms with van der Waals surface area (Å²) in [5.74, 6) is -2.21. The van der Waals surface area contributed by atoms with Crippen molar-refractivity contribution in [3.8, 4) is 0 Å². The number of nitrogens with two attached hydrogens (primary N) is 1. The number of carboxylic acid groups (broad SMARTS) is 1. The molecule has 3 amide bonds. The van der Waals surface area contributed by atoms with Crippen molar-refractivity contribution in [2.24, 2.45) is 17.6 Å². The molecule has 5 unspecified atom stereocenters. The molecule has 0 rings (SSSR count). The maximum Gasteiger partial charge on any atom is 0.326 e. The number of carbonyl (C=O) groups excluding carboxylic acids is 3. The van der Waals surface area contributed by atoms with E-state index in [1.54, 1.807) is 6.92 Å². The van der Waals surface area contributed by atoms with Crippen molar-refractivity contribution in [2.75, 3.05) is 17.8 Å². The molecule has 11 heteroatoms. The van der Waals surface area contributed by atoms with Crippen LogP contribution < -0.4 is 21.7 Å². The molecule has 0 radical (unpaired) electrons. The van der Waals surface area contributed by atoms with E-state index in [-0.39, 0.29) is 17.6 Å². The minimum atomic E-state index is -1.14. The molecule has 0 aliphatic heterocycles. The second kappa shape index (κ2) is 15.4. The average Bonchev–Trinajstić information content (AvgIpc) is 2.71. The summed E-state index contributed by atoms with van der Waals surface area (Å²) in [6, 6.07) is -3.71. The van der Waals surface area contributed by atoms with Gasteiger partial charge in [-0.15, -0.1) is 0 Å². The average molecular weight is 479 g/mol. The van der Waals surface area contributed by atoms with Crippen molar-refractivity contribution >= 4 is 48.1 Å². The van der Waals surface area contributed by atoms with Crippen LogP contribution in [0.3, 0.4) is 0 Å². The number of nitrogens with one attached hydrogen (secondary N) is 3. The van der Waals surface area contributed by atoms with E-state index in [0.29, 0.717) is 25.0 Å². The van der Waals surface area contributed by atoms with Crippen LogP contribution in [0.1, 0.15) is 47.0 Å². The summed E-state index contributed by atoms with van der Waals surface area (Å²) < 4.78 is 0. The van der Waals surface area contributed by atoms with Crippen molar-refractivity contribution in [1.29, 1.82) is 0 Å². The van der Waals surface area contributed by atoms with Gasteiger partial charge in [-0.3, -0.25) is 14.4 Å². The predicted octanol–water partition coefficient (Wildman–Crippen LogP) is 0.628. The van der Waals surface area contributed by atoms with E-state index in [1.807, 2.05) is 27.0 Å². The summed E-state index contributed by atoms with van der Waals surface area (Å²) in [5.41, 5.74) is 5.91. The molecule has 0 aromatic heterocycles. The first-order valence-electron chi connectivity index (χ1n) is 10.5. The molecule has 0 aliphatic rings. The van der Waals surface area contributed by atoms with Crippen molar-refractivity contribution in [1.82, 2.24) is 16.0 Å². The Balaban J connectivity index is 5.23. The SMILES string of the molecule is CCC(C)C(NC(=O)C(CS)NC(=O)C(CCSC)NC(=O)C(N)CC(C)C)C(=O)O. The van der Waals surface area contributed by atoms with Gasteiger partial charge in [0.15, 0.2) is 0 Å². The van der Waals surface area contributed by atoms with Crippen LogP contribution in [0.5, 0.6) is 0 Å². The largest absolute Gasteiger partial charge is 0.480 e. The fraction of sp³-hybridized carbons (Fsp3) is 0.800. The van der Waals surface area contributed by atoms with Crippen LogP contribution in [0, 0.1) is 11.8 Å². The van der Waals surface area contributed by atoms with Crippen molar-refractivity contribution in [3.63, 3.8) is 0 Å². The smallest absolute Gasteiger partial charge is 0.326 e. The molecule has 0 saturated heterocycles. The zero-order chi connectivity index (χ0) is 24.1. The summed E-state index contributed by atoms with van der Waals surface area (Å²) in [7, 11) is 0. The van der Waals surface area contributed by atoms with E-state index >= 15 is 0 Å². The monoisotopic (exact) mass is 478 g/mol. The summed E-state index contributed by atoms with van der Waals surface area (Å²) in [6.07, 6.45) is 3.29. The predicted molar refractivity (Wildman–Crippen MR) is 127 cm³/mol. The topological polar surface area (TPSA) is 151 Å². The third kappa shape index (κ3) is 11.1. The number of rotatable bonds is 15. The van der Waals surface area contributed by atoms with Crippen LogP contribution in [0.2, 0.25) is 0 Å². The molecule has 0 heterocycles. The van der Waals surface area contributed by atoms with Crippen LogP contribution in [0.25, 0.3) is 0 Å². The van der Waals surface area contributed by atoms with E-state index in [4.69, 9.17) is 5.73 Å². The highest BCUT2D eigenvalue weighted by Gasteiger charge is 2.31. The van der Waals surface area contributed by atoms with E-state index in [0.717, 1.165) is 0 Å².